The molecule has 0 aromatic heterocycles. The third kappa shape index (κ3) is 5.69. The second kappa shape index (κ2) is 9.70. The second-order valence-corrected chi connectivity index (χ2v) is 6.32. The molecule has 5 heteroatoms. The van der Waals surface area contributed by atoms with Crippen molar-refractivity contribution in [3.8, 4) is 11.5 Å². The molecule has 0 aliphatic heterocycles. The molecule has 2 N–H and O–H groups in total. The number of carbonyl (C=O) groups is 1. The highest BCUT2D eigenvalue weighted by molar-refractivity contribution is 5.73. The topological polar surface area (TPSA) is 59.6 Å². The molecule has 0 fully saturated rings. The first-order chi connectivity index (χ1) is 12.5. The monoisotopic (exact) mass is 356 g/mol. The van der Waals surface area contributed by atoms with Gasteiger partial charge in [-0.15, -0.1) is 0 Å². The lowest BCUT2D eigenvalue weighted by molar-refractivity contribution is 0.236. The minimum Gasteiger partial charge on any atom is -0.496 e. The Kier molecular flexibility index (Phi) is 7.33. The number of rotatable bonds is 8. The number of ether oxygens (including phenoxy) is 2. The van der Waals surface area contributed by atoms with E-state index in [0.29, 0.717) is 19.7 Å². The molecule has 0 unspecified atom stereocenters. The molecular formula is C21H28N2O3. The first kappa shape index (κ1) is 19.6. The summed E-state index contributed by atoms with van der Waals surface area (Å²) in [6.07, 6.45) is 0.718. The molecular weight excluding hydrogens is 328 g/mol. The molecule has 2 aromatic rings. The van der Waals surface area contributed by atoms with Crippen LogP contribution < -0.4 is 20.1 Å². The van der Waals surface area contributed by atoms with Crippen LogP contribution in [0, 0.1) is 20.8 Å². The lowest BCUT2D eigenvalue weighted by atomic mass is 10.1. The van der Waals surface area contributed by atoms with Gasteiger partial charge in [0.05, 0.1) is 13.7 Å². The fourth-order valence-corrected chi connectivity index (χ4v) is 2.99. The summed E-state index contributed by atoms with van der Waals surface area (Å²) in [4.78, 5) is 11.9. The van der Waals surface area contributed by atoms with Crippen molar-refractivity contribution in [1.82, 2.24) is 10.6 Å². The molecule has 2 rings (SSSR count). The van der Waals surface area contributed by atoms with Crippen molar-refractivity contribution in [2.45, 2.75) is 27.2 Å². The highest BCUT2D eigenvalue weighted by atomic mass is 16.5. The molecule has 2 amide bonds. The Morgan fingerprint density at radius 2 is 1.65 bits per heavy atom. The van der Waals surface area contributed by atoms with Gasteiger partial charge in [-0.25, -0.2) is 4.79 Å². The SMILES string of the molecule is COc1ccccc1CCNC(=O)NCCOc1c(C)cc(C)cc1C. The van der Waals surface area contributed by atoms with Crippen LogP contribution in [0.3, 0.4) is 0 Å². The fourth-order valence-electron chi connectivity index (χ4n) is 2.99. The van der Waals surface area contributed by atoms with Crippen LogP contribution in [0.2, 0.25) is 0 Å². The van der Waals surface area contributed by atoms with Crippen molar-refractivity contribution in [2.24, 2.45) is 0 Å². The quantitative estimate of drug-likeness (QED) is 0.711. The fraction of sp³-hybridized carbons (Fsp3) is 0.381. The number of hydrogen-bond acceptors (Lipinski definition) is 3. The van der Waals surface area contributed by atoms with Gasteiger partial charge in [0, 0.05) is 6.54 Å². The van der Waals surface area contributed by atoms with Crippen molar-refractivity contribution in [1.29, 1.82) is 0 Å². The van der Waals surface area contributed by atoms with E-state index in [1.165, 1.54) is 5.56 Å². The number of hydrogen-bond donors (Lipinski definition) is 2. The van der Waals surface area contributed by atoms with Crippen LogP contribution in [0.5, 0.6) is 11.5 Å². The molecule has 0 aliphatic rings. The van der Waals surface area contributed by atoms with Gasteiger partial charge in [-0.1, -0.05) is 35.9 Å². The van der Waals surface area contributed by atoms with Gasteiger partial charge in [0.15, 0.2) is 0 Å². The summed E-state index contributed by atoms with van der Waals surface area (Å²) in [5, 5.41) is 5.66. The van der Waals surface area contributed by atoms with Gasteiger partial charge in [-0.05, 0) is 49.9 Å². The van der Waals surface area contributed by atoms with E-state index in [1.54, 1.807) is 7.11 Å². The van der Waals surface area contributed by atoms with Crippen molar-refractivity contribution >= 4 is 6.03 Å². The molecule has 0 spiro atoms. The molecule has 26 heavy (non-hydrogen) atoms. The van der Waals surface area contributed by atoms with Gasteiger partial charge in [-0.2, -0.15) is 0 Å². The van der Waals surface area contributed by atoms with Crippen LogP contribution >= 0.6 is 0 Å². The van der Waals surface area contributed by atoms with Gasteiger partial charge in [-0.3, -0.25) is 0 Å². The number of nitrogens with one attached hydrogen (secondary N) is 2. The van der Waals surface area contributed by atoms with E-state index < -0.39 is 0 Å². The summed E-state index contributed by atoms with van der Waals surface area (Å²) in [6, 6.07) is 11.8. The summed E-state index contributed by atoms with van der Waals surface area (Å²) in [5.74, 6) is 1.74. The van der Waals surface area contributed by atoms with Crippen LogP contribution in [0.15, 0.2) is 36.4 Å². The summed E-state index contributed by atoms with van der Waals surface area (Å²) in [6.45, 7) is 7.57. The molecule has 0 atom stereocenters. The van der Waals surface area contributed by atoms with E-state index in [2.05, 4.69) is 29.7 Å². The first-order valence-electron chi connectivity index (χ1n) is 8.85. The number of benzene rings is 2. The molecule has 0 saturated heterocycles. The Morgan fingerprint density at radius 1 is 1.00 bits per heavy atom. The van der Waals surface area contributed by atoms with Crippen molar-refractivity contribution < 1.29 is 14.3 Å². The van der Waals surface area contributed by atoms with Crippen LogP contribution in [0.25, 0.3) is 0 Å². The number of carbonyl (C=O) groups excluding carboxylic acids is 1. The van der Waals surface area contributed by atoms with Crippen molar-refractivity contribution in [2.75, 3.05) is 26.8 Å². The Morgan fingerprint density at radius 3 is 2.35 bits per heavy atom. The summed E-state index contributed by atoms with van der Waals surface area (Å²) < 4.78 is 11.1. The van der Waals surface area contributed by atoms with Gasteiger partial charge in [0.25, 0.3) is 0 Å². The summed E-state index contributed by atoms with van der Waals surface area (Å²) in [5.41, 5.74) is 4.52. The van der Waals surface area contributed by atoms with Gasteiger partial charge in [0.1, 0.15) is 18.1 Å². The maximum absolute atomic E-state index is 11.9. The minimum atomic E-state index is -0.194. The van der Waals surface area contributed by atoms with E-state index in [9.17, 15) is 4.79 Å². The second-order valence-electron chi connectivity index (χ2n) is 6.32. The van der Waals surface area contributed by atoms with E-state index >= 15 is 0 Å². The van der Waals surface area contributed by atoms with E-state index in [-0.39, 0.29) is 6.03 Å². The Balaban J connectivity index is 1.68. The lowest BCUT2D eigenvalue weighted by Crippen LogP contribution is -2.38. The zero-order valence-electron chi connectivity index (χ0n) is 16.0. The van der Waals surface area contributed by atoms with Crippen LogP contribution in [-0.4, -0.2) is 32.8 Å². The highest BCUT2D eigenvalue weighted by Crippen LogP contribution is 2.24. The standard InChI is InChI=1S/C21H28N2O3/c1-15-13-16(2)20(17(3)14-15)26-12-11-23-21(24)22-10-9-18-7-5-6-8-19(18)25-4/h5-8,13-14H,9-12H2,1-4H3,(H2,22,23,24). The largest absolute Gasteiger partial charge is 0.496 e. The van der Waals surface area contributed by atoms with E-state index in [4.69, 9.17) is 9.47 Å². The van der Waals surface area contributed by atoms with Gasteiger partial charge in [0.2, 0.25) is 0 Å². The van der Waals surface area contributed by atoms with Gasteiger partial charge >= 0.3 is 6.03 Å². The molecule has 140 valence electrons. The number of para-hydroxylation sites is 1. The van der Waals surface area contributed by atoms with Crippen LogP contribution in [-0.2, 0) is 6.42 Å². The van der Waals surface area contributed by atoms with E-state index in [1.807, 2.05) is 38.1 Å². The third-order valence-electron chi connectivity index (χ3n) is 4.11. The lowest BCUT2D eigenvalue weighted by Gasteiger charge is -2.14. The maximum atomic E-state index is 11.9. The molecule has 0 heterocycles. The summed E-state index contributed by atoms with van der Waals surface area (Å²) >= 11 is 0. The third-order valence-corrected chi connectivity index (χ3v) is 4.11. The average Bonchev–Trinajstić information content (AvgIpc) is 2.60. The normalized spacial score (nSPS) is 10.3. The Bertz CT molecular complexity index is 721. The van der Waals surface area contributed by atoms with Crippen molar-refractivity contribution in [3.05, 3.63) is 58.7 Å². The average molecular weight is 356 g/mol. The molecule has 0 aliphatic carbocycles. The van der Waals surface area contributed by atoms with Crippen LogP contribution in [0.1, 0.15) is 22.3 Å². The zero-order valence-corrected chi connectivity index (χ0v) is 16.0. The predicted molar refractivity (Wildman–Crippen MR) is 104 cm³/mol. The smallest absolute Gasteiger partial charge is 0.314 e. The number of aryl methyl sites for hydroxylation is 3. The summed E-state index contributed by atoms with van der Waals surface area (Å²) in [7, 11) is 1.65. The molecule has 0 saturated carbocycles. The molecule has 0 radical (unpaired) electrons. The minimum absolute atomic E-state index is 0.194. The van der Waals surface area contributed by atoms with E-state index in [0.717, 1.165) is 34.6 Å². The Labute approximate surface area is 155 Å². The molecule has 5 nitrogen and oxygen atoms in total. The number of urea groups is 1. The van der Waals surface area contributed by atoms with Crippen molar-refractivity contribution in [3.63, 3.8) is 0 Å². The first-order valence-corrected chi connectivity index (χ1v) is 8.85. The van der Waals surface area contributed by atoms with Gasteiger partial charge < -0.3 is 20.1 Å². The molecule has 0 bridgehead atoms. The zero-order chi connectivity index (χ0) is 18.9. The maximum Gasteiger partial charge on any atom is 0.314 e. The number of amides is 2. The predicted octanol–water partition coefficient (Wildman–Crippen LogP) is 3.54. The number of methoxy groups -OCH3 is 1. The van der Waals surface area contributed by atoms with Crippen LogP contribution in [0.4, 0.5) is 4.79 Å². The molecule has 2 aromatic carbocycles. The Hall–Kier alpha value is -2.69. The highest BCUT2D eigenvalue weighted by Gasteiger charge is 2.06.